The van der Waals surface area contributed by atoms with Crippen LogP contribution in [-0.2, 0) is 6.54 Å². The quantitative estimate of drug-likeness (QED) is 0.828. The highest BCUT2D eigenvalue weighted by atomic mass is 15.3. The molecular formula is C18H30N2. The van der Waals surface area contributed by atoms with Crippen molar-refractivity contribution in [2.24, 2.45) is 5.92 Å². The van der Waals surface area contributed by atoms with Crippen molar-refractivity contribution >= 4 is 0 Å². The van der Waals surface area contributed by atoms with Gasteiger partial charge in [-0.2, -0.15) is 0 Å². The molecule has 1 aromatic carbocycles. The number of benzene rings is 1. The predicted molar refractivity (Wildman–Crippen MR) is 86.9 cm³/mol. The van der Waals surface area contributed by atoms with Crippen LogP contribution < -0.4 is 0 Å². The smallest absolute Gasteiger partial charge is 0.0249 e. The summed E-state index contributed by atoms with van der Waals surface area (Å²) in [5.41, 5.74) is 2.81. The average molecular weight is 274 g/mol. The molecule has 1 unspecified atom stereocenters. The van der Waals surface area contributed by atoms with E-state index < -0.39 is 0 Å². The first-order chi connectivity index (χ1) is 9.47. The Labute approximate surface area is 124 Å². The number of nitrogens with zero attached hydrogens (tertiary/aromatic N) is 2. The molecule has 2 heteroatoms. The van der Waals surface area contributed by atoms with Gasteiger partial charge < -0.3 is 0 Å². The molecule has 0 radical (unpaired) electrons. The van der Waals surface area contributed by atoms with Crippen LogP contribution in [0.3, 0.4) is 0 Å². The van der Waals surface area contributed by atoms with E-state index in [2.05, 4.69) is 68.7 Å². The summed E-state index contributed by atoms with van der Waals surface area (Å²) in [6.45, 7) is 16.2. The van der Waals surface area contributed by atoms with Gasteiger partial charge in [-0.25, -0.2) is 0 Å². The van der Waals surface area contributed by atoms with Crippen LogP contribution in [0.2, 0.25) is 0 Å². The molecule has 2 rings (SSSR count). The fraction of sp³-hybridized carbons (Fsp3) is 0.667. The van der Waals surface area contributed by atoms with Crippen molar-refractivity contribution in [3.63, 3.8) is 0 Å². The van der Waals surface area contributed by atoms with Crippen LogP contribution in [-0.4, -0.2) is 41.5 Å². The Hall–Kier alpha value is -0.860. The van der Waals surface area contributed by atoms with E-state index in [9.17, 15) is 0 Å². The van der Waals surface area contributed by atoms with E-state index in [4.69, 9.17) is 0 Å². The van der Waals surface area contributed by atoms with Crippen molar-refractivity contribution in [2.75, 3.05) is 19.6 Å². The number of hydrogen-bond acceptors (Lipinski definition) is 2. The molecule has 20 heavy (non-hydrogen) atoms. The maximum Gasteiger partial charge on any atom is 0.0249 e. The molecule has 0 bridgehead atoms. The minimum Gasteiger partial charge on any atom is -0.296 e. The Morgan fingerprint density at radius 3 is 2.50 bits per heavy atom. The normalized spacial score (nSPS) is 21.9. The van der Waals surface area contributed by atoms with Gasteiger partial charge in [-0.3, -0.25) is 9.80 Å². The minimum absolute atomic E-state index is 0.656. The van der Waals surface area contributed by atoms with Gasteiger partial charge in [-0.05, 0) is 32.3 Å². The summed E-state index contributed by atoms with van der Waals surface area (Å²) in [6.07, 6.45) is 0. The van der Waals surface area contributed by atoms with Crippen LogP contribution in [0.5, 0.6) is 0 Å². The molecule has 1 aliphatic rings. The summed E-state index contributed by atoms with van der Waals surface area (Å²) in [7, 11) is 0. The van der Waals surface area contributed by atoms with Gasteiger partial charge >= 0.3 is 0 Å². The largest absolute Gasteiger partial charge is 0.296 e. The third-order valence-corrected chi connectivity index (χ3v) is 4.47. The van der Waals surface area contributed by atoms with Crippen LogP contribution in [0.1, 0.15) is 38.8 Å². The first-order valence-electron chi connectivity index (χ1n) is 8.01. The van der Waals surface area contributed by atoms with Gasteiger partial charge in [0.25, 0.3) is 0 Å². The second-order valence-corrected chi connectivity index (χ2v) is 6.87. The zero-order valence-corrected chi connectivity index (χ0v) is 13.8. The third kappa shape index (κ3) is 3.83. The summed E-state index contributed by atoms with van der Waals surface area (Å²) in [6, 6.07) is 10.3. The molecule has 2 nitrogen and oxygen atoms in total. The highest BCUT2D eigenvalue weighted by Gasteiger charge is 2.30. The zero-order chi connectivity index (χ0) is 14.7. The summed E-state index contributed by atoms with van der Waals surface area (Å²) in [5, 5.41) is 0. The fourth-order valence-corrected chi connectivity index (χ4v) is 3.33. The molecule has 0 amide bonds. The molecule has 1 atom stereocenters. The highest BCUT2D eigenvalue weighted by Crippen LogP contribution is 2.21. The summed E-state index contributed by atoms with van der Waals surface area (Å²) >= 11 is 0. The maximum absolute atomic E-state index is 2.68. The second-order valence-electron chi connectivity index (χ2n) is 6.87. The first kappa shape index (κ1) is 15.5. The van der Waals surface area contributed by atoms with Crippen molar-refractivity contribution < 1.29 is 0 Å². The maximum atomic E-state index is 2.68. The number of rotatable bonds is 4. The summed E-state index contributed by atoms with van der Waals surface area (Å²) < 4.78 is 0. The molecule has 0 aromatic heterocycles. The van der Waals surface area contributed by atoms with E-state index in [1.54, 1.807) is 0 Å². The Balaban J connectivity index is 2.01. The van der Waals surface area contributed by atoms with Crippen molar-refractivity contribution in [3.05, 3.63) is 35.4 Å². The molecule has 112 valence electrons. The lowest BCUT2D eigenvalue weighted by Gasteiger charge is -2.45. The predicted octanol–water partition coefficient (Wildman–Crippen LogP) is 3.55. The molecule has 0 N–H and O–H groups in total. The van der Waals surface area contributed by atoms with Gasteiger partial charge in [0.2, 0.25) is 0 Å². The van der Waals surface area contributed by atoms with E-state index >= 15 is 0 Å². The standard InChI is InChI=1S/C18H30N2/c1-14(2)18-13-19(9-10-20(18)15(3)4)12-17-8-6-7-16(5)11-17/h6-8,11,14-15,18H,9-10,12-13H2,1-5H3. The van der Waals surface area contributed by atoms with Crippen LogP contribution in [0.25, 0.3) is 0 Å². The van der Waals surface area contributed by atoms with Gasteiger partial charge in [-0.1, -0.05) is 43.7 Å². The molecule has 0 saturated carbocycles. The Morgan fingerprint density at radius 1 is 1.15 bits per heavy atom. The van der Waals surface area contributed by atoms with Crippen LogP contribution in [0, 0.1) is 12.8 Å². The van der Waals surface area contributed by atoms with Crippen molar-refractivity contribution in [3.8, 4) is 0 Å². The molecule has 1 heterocycles. The lowest BCUT2D eigenvalue weighted by molar-refractivity contribution is 0.0251. The lowest BCUT2D eigenvalue weighted by Crippen LogP contribution is -2.56. The SMILES string of the molecule is Cc1cccc(CN2CCN(C(C)C)C(C(C)C)C2)c1. The molecule has 0 aliphatic carbocycles. The van der Waals surface area contributed by atoms with E-state index in [-0.39, 0.29) is 0 Å². The highest BCUT2D eigenvalue weighted by molar-refractivity contribution is 5.22. The first-order valence-corrected chi connectivity index (χ1v) is 8.01. The van der Waals surface area contributed by atoms with E-state index in [1.165, 1.54) is 30.8 Å². The molecular weight excluding hydrogens is 244 g/mol. The van der Waals surface area contributed by atoms with Gasteiger partial charge in [0.1, 0.15) is 0 Å². The van der Waals surface area contributed by atoms with Crippen molar-refractivity contribution in [1.29, 1.82) is 0 Å². The number of piperazine rings is 1. The Morgan fingerprint density at radius 2 is 1.90 bits per heavy atom. The monoisotopic (exact) mass is 274 g/mol. The van der Waals surface area contributed by atoms with Crippen LogP contribution in [0.4, 0.5) is 0 Å². The van der Waals surface area contributed by atoms with E-state index in [1.807, 2.05) is 0 Å². The Kier molecular flexibility index (Phi) is 5.22. The van der Waals surface area contributed by atoms with Gasteiger partial charge in [0, 0.05) is 38.3 Å². The van der Waals surface area contributed by atoms with E-state index in [0.717, 1.165) is 12.5 Å². The molecule has 1 aromatic rings. The van der Waals surface area contributed by atoms with Crippen LogP contribution in [0.15, 0.2) is 24.3 Å². The van der Waals surface area contributed by atoms with Crippen molar-refractivity contribution in [2.45, 2.75) is 53.2 Å². The number of aryl methyl sites for hydroxylation is 1. The zero-order valence-electron chi connectivity index (χ0n) is 13.8. The second kappa shape index (κ2) is 6.73. The molecule has 1 saturated heterocycles. The topological polar surface area (TPSA) is 6.48 Å². The van der Waals surface area contributed by atoms with Crippen molar-refractivity contribution in [1.82, 2.24) is 9.80 Å². The fourth-order valence-electron chi connectivity index (χ4n) is 3.33. The van der Waals surface area contributed by atoms with E-state index in [0.29, 0.717) is 12.1 Å². The summed E-state index contributed by atoms with van der Waals surface area (Å²) in [4.78, 5) is 5.30. The minimum atomic E-state index is 0.656. The van der Waals surface area contributed by atoms with Gasteiger partial charge in [0.05, 0.1) is 0 Å². The van der Waals surface area contributed by atoms with Crippen LogP contribution >= 0.6 is 0 Å². The lowest BCUT2D eigenvalue weighted by atomic mass is 9.97. The molecule has 1 aliphatic heterocycles. The molecule has 0 spiro atoms. The third-order valence-electron chi connectivity index (χ3n) is 4.47. The van der Waals surface area contributed by atoms with Gasteiger partial charge in [0.15, 0.2) is 0 Å². The Bertz CT molecular complexity index is 425. The number of hydrogen-bond donors (Lipinski definition) is 0. The average Bonchev–Trinajstić information content (AvgIpc) is 2.38. The van der Waals surface area contributed by atoms with Gasteiger partial charge in [-0.15, -0.1) is 0 Å². The molecule has 1 fully saturated rings. The summed E-state index contributed by atoms with van der Waals surface area (Å²) in [5.74, 6) is 0.720.